The van der Waals surface area contributed by atoms with Gasteiger partial charge in [-0.05, 0) is 33.8 Å². The van der Waals surface area contributed by atoms with E-state index in [1.54, 1.807) is 0 Å². The number of hydrogen-bond acceptors (Lipinski definition) is 8. The second-order valence-electron chi connectivity index (χ2n) is 14.5. The zero-order chi connectivity index (χ0) is 29.7. The van der Waals surface area contributed by atoms with Crippen molar-refractivity contribution in [1.82, 2.24) is 0 Å². The van der Waals surface area contributed by atoms with Crippen molar-refractivity contribution in [2.45, 2.75) is 83.1 Å². The molecule has 0 aliphatic heterocycles. The highest BCUT2D eigenvalue weighted by molar-refractivity contribution is 6.10. The molecule has 1 rings (SSSR count). The maximum absolute atomic E-state index is 13.1. The molecule has 8 nitrogen and oxygen atoms in total. The Morgan fingerprint density at radius 1 is 0.421 bits per heavy atom. The summed E-state index contributed by atoms with van der Waals surface area (Å²) in [5.74, 6) is -3.27. The number of hydrogen-bond donors (Lipinski definition) is 0. The summed E-state index contributed by atoms with van der Waals surface area (Å²) in [4.78, 5) is 52.6. The SMILES string of the molecule is CC(C)(C)COC(=O)c1cc(C(=O)OCC(C)(C)C)c(C(=O)OCC(C)(C)C)cc1C(=O)OCC(C)(C)C. The van der Waals surface area contributed by atoms with Crippen LogP contribution in [0.5, 0.6) is 0 Å². The van der Waals surface area contributed by atoms with Crippen molar-refractivity contribution in [3.05, 3.63) is 34.4 Å². The topological polar surface area (TPSA) is 105 Å². The average molecular weight is 535 g/mol. The summed E-state index contributed by atoms with van der Waals surface area (Å²) in [6.45, 7) is 23.0. The highest BCUT2D eigenvalue weighted by atomic mass is 16.5. The van der Waals surface area contributed by atoms with Crippen LogP contribution in [0.1, 0.15) is 125 Å². The molecule has 0 N–H and O–H groups in total. The summed E-state index contributed by atoms with van der Waals surface area (Å²) in [5, 5.41) is 0. The molecule has 8 heteroatoms. The summed E-state index contributed by atoms with van der Waals surface area (Å²) in [7, 11) is 0. The largest absolute Gasteiger partial charge is 0.462 e. The number of rotatable bonds is 8. The van der Waals surface area contributed by atoms with E-state index in [1.165, 1.54) is 0 Å². The Morgan fingerprint density at radius 3 is 0.711 bits per heavy atom. The molecule has 1 aromatic carbocycles. The molecular weight excluding hydrogens is 488 g/mol. The maximum atomic E-state index is 13.1. The quantitative estimate of drug-likeness (QED) is 0.275. The van der Waals surface area contributed by atoms with Crippen LogP contribution in [0.3, 0.4) is 0 Å². The molecule has 38 heavy (non-hydrogen) atoms. The molecule has 214 valence electrons. The monoisotopic (exact) mass is 534 g/mol. The zero-order valence-electron chi connectivity index (χ0n) is 25.2. The first kappa shape index (κ1) is 33.1. The van der Waals surface area contributed by atoms with Gasteiger partial charge >= 0.3 is 23.9 Å². The molecule has 0 atom stereocenters. The van der Waals surface area contributed by atoms with Crippen LogP contribution in [0.25, 0.3) is 0 Å². The van der Waals surface area contributed by atoms with Gasteiger partial charge < -0.3 is 18.9 Å². The smallest absolute Gasteiger partial charge is 0.339 e. The minimum absolute atomic E-state index is 0.0709. The van der Waals surface area contributed by atoms with Gasteiger partial charge in [-0.2, -0.15) is 0 Å². The fourth-order valence-electron chi connectivity index (χ4n) is 2.71. The van der Waals surface area contributed by atoms with Crippen molar-refractivity contribution in [3.63, 3.8) is 0 Å². The first-order valence-corrected chi connectivity index (χ1v) is 12.9. The molecule has 0 saturated carbocycles. The molecule has 0 unspecified atom stereocenters. The van der Waals surface area contributed by atoms with Crippen LogP contribution in [0, 0.1) is 21.7 Å². The Balaban J connectivity index is 3.69. The van der Waals surface area contributed by atoms with Crippen LogP contribution in [0.15, 0.2) is 12.1 Å². The van der Waals surface area contributed by atoms with Gasteiger partial charge in [0, 0.05) is 0 Å². The Bertz CT molecular complexity index is 862. The van der Waals surface area contributed by atoms with Gasteiger partial charge in [0.05, 0.1) is 48.7 Å². The lowest BCUT2D eigenvalue weighted by Crippen LogP contribution is -2.26. The number of carbonyl (C=O) groups is 4. The van der Waals surface area contributed by atoms with Crippen molar-refractivity contribution in [1.29, 1.82) is 0 Å². The molecule has 1 aromatic rings. The normalized spacial score (nSPS) is 12.5. The Labute approximate surface area is 227 Å². The van der Waals surface area contributed by atoms with Crippen LogP contribution in [-0.2, 0) is 18.9 Å². The van der Waals surface area contributed by atoms with E-state index in [2.05, 4.69) is 0 Å². The molecule has 0 aromatic heterocycles. The zero-order valence-corrected chi connectivity index (χ0v) is 25.2. The third kappa shape index (κ3) is 12.1. The van der Waals surface area contributed by atoms with E-state index >= 15 is 0 Å². The van der Waals surface area contributed by atoms with E-state index in [0.717, 1.165) is 12.1 Å². The van der Waals surface area contributed by atoms with Crippen LogP contribution >= 0.6 is 0 Å². The van der Waals surface area contributed by atoms with Crippen LogP contribution in [-0.4, -0.2) is 50.3 Å². The molecule has 0 aliphatic rings. The number of benzene rings is 1. The second kappa shape index (κ2) is 12.3. The first-order valence-electron chi connectivity index (χ1n) is 12.9. The second-order valence-corrected chi connectivity index (χ2v) is 14.5. The number of carbonyl (C=O) groups excluding carboxylic acids is 4. The Kier molecular flexibility index (Phi) is 10.7. The van der Waals surface area contributed by atoms with Gasteiger partial charge in [-0.1, -0.05) is 83.1 Å². The van der Waals surface area contributed by atoms with Crippen LogP contribution in [0.2, 0.25) is 0 Å². The van der Waals surface area contributed by atoms with Crippen molar-refractivity contribution in [3.8, 4) is 0 Å². The van der Waals surface area contributed by atoms with Crippen molar-refractivity contribution in [2.75, 3.05) is 26.4 Å². The third-order valence-electron chi connectivity index (χ3n) is 4.58. The number of ether oxygens (including phenoxy) is 4. The number of esters is 4. The first-order chi connectivity index (χ1) is 17.0. The summed E-state index contributed by atoms with van der Waals surface area (Å²) in [6.07, 6.45) is 0. The minimum Gasteiger partial charge on any atom is -0.462 e. The van der Waals surface area contributed by atoms with Crippen LogP contribution in [0.4, 0.5) is 0 Å². The van der Waals surface area contributed by atoms with Gasteiger partial charge in [0.25, 0.3) is 0 Å². The average Bonchev–Trinajstić information content (AvgIpc) is 2.74. The van der Waals surface area contributed by atoms with E-state index in [0.29, 0.717) is 0 Å². The lowest BCUT2D eigenvalue weighted by atomic mass is 9.95. The van der Waals surface area contributed by atoms with E-state index in [-0.39, 0.29) is 70.3 Å². The Hall–Kier alpha value is -2.90. The summed E-state index contributed by atoms with van der Waals surface area (Å²) < 4.78 is 21.8. The molecule has 0 heterocycles. The van der Waals surface area contributed by atoms with E-state index < -0.39 is 23.9 Å². The van der Waals surface area contributed by atoms with Gasteiger partial charge in [-0.25, -0.2) is 19.2 Å². The highest BCUT2D eigenvalue weighted by Gasteiger charge is 2.31. The van der Waals surface area contributed by atoms with Crippen molar-refractivity contribution in [2.24, 2.45) is 21.7 Å². The van der Waals surface area contributed by atoms with E-state index in [4.69, 9.17) is 18.9 Å². The molecular formula is C30H46O8. The molecule has 0 radical (unpaired) electrons. The standard InChI is InChI=1S/C30H46O8/c1-27(2,3)15-35-23(31)19-13-21(25(33)37-17-29(7,8)9)22(26(34)38-18-30(10,11)12)14-20(19)24(32)36-16-28(4,5)6/h13-14H,15-18H2,1-12H3. The summed E-state index contributed by atoms with van der Waals surface area (Å²) in [6, 6.07) is 2.33. The van der Waals surface area contributed by atoms with Gasteiger partial charge in [-0.3, -0.25) is 0 Å². The molecule has 0 spiro atoms. The van der Waals surface area contributed by atoms with Gasteiger partial charge in [0.1, 0.15) is 0 Å². The van der Waals surface area contributed by atoms with Gasteiger partial charge in [0.2, 0.25) is 0 Å². The highest BCUT2D eigenvalue weighted by Crippen LogP contribution is 2.26. The van der Waals surface area contributed by atoms with Gasteiger partial charge in [-0.15, -0.1) is 0 Å². The predicted octanol–water partition coefficient (Wildman–Crippen LogP) is 6.50. The van der Waals surface area contributed by atoms with E-state index in [1.807, 2.05) is 83.1 Å². The molecule has 0 bridgehead atoms. The lowest BCUT2D eigenvalue weighted by Gasteiger charge is -2.22. The van der Waals surface area contributed by atoms with Gasteiger partial charge in [0.15, 0.2) is 0 Å². The molecule has 0 amide bonds. The van der Waals surface area contributed by atoms with Crippen LogP contribution < -0.4 is 0 Å². The van der Waals surface area contributed by atoms with E-state index in [9.17, 15) is 19.2 Å². The molecule has 0 saturated heterocycles. The lowest BCUT2D eigenvalue weighted by molar-refractivity contribution is 0.0307. The van der Waals surface area contributed by atoms with Crippen molar-refractivity contribution >= 4 is 23.9 Å². The fourth-order valence-corrected chi connectivity index (χ4v) is 2.71. The minimum atomic E-state index is -0.817. The molecule has 0 aliphatic carbocycles. The predicted molar refractivity (Wildman–Crippen MR) is 145 cm³/mol. The summed E-state index contributed by atoms with van der Waals surface area (Å²) >= 11 is 0. The Morgan fingerprint density at radius 2 is 0.579 bits per heavy atom. The molecule has 0 fully saturated rings. The fraction of sp³-hybridized carbons (Fsp3) is 0.667. The maximum Gasteiger partial charge on any atom is 0.339 e. The summed E-state index contributed by atoms with van der Waals surface area (Å²) in [5.41, 5.74) is -2.12. The third-order valence-corrected chi connectivity index (χ3v) is 4.58. The van der Waals surface area contributed by atoms with Crippen molar-refractivity contribution < 1.29 is 38.1 Å².